The van der Waals surface area contributed by atoms with Crippen molar-refractivity contribution in [2.75, 3.05) is 18.6 Å². The summed E-state index contributed by atoms with van der Waals surface area (Å²) in [4.78, 5) is 15.6. The van der Waals surface area contributed by atoms with Gasteiger partial charge in [-0.15, -0.1) is 0 Å². The van der Waals surface area contributed by atoms with E-state index in [0.717, 1.165) is 42.8 Å². The van der Waals surface area contributed by atoms with Gasteiger partial charge in [0.05, 0.1) is 12.5 Å². The number of rotatable bonds is 6. The lowest BCUT2D eigenvalue weighted by atomic mass is 9.74. The fraction of sp³-hybridized carbons (Fsp3) is 0.240. The van der Waals surface area contributed by atoms with Gasteiger partial charge in [0.15, 0.2) is 0 Å². The Labute approximate surface area is 166 Å². The highest BCUT2D eigenvalue weighted by atomic mass is 16.5. The molecule has 142 valence electrons. The number of aryl methyl sites for hydroxylation is 1. The van der Waals surface area contributed by atoms with Crippen LogP contribution in [0, 0.1) is 0 Å². The average Bonchev–Trinajstić information content (AvgIpc) is 3.11. The van der Waals surface area contributed by atoms with Crippen molar-refractivity contribution in [1.82, 2.24) is 0 Å². The number of methoxy groups -OCH3 is 1. The largest absolute Gasteiger partial charge is 0.497 e. The normalized spacial score (nSPS) is 19.0. The van der Waals surface area contributed by atoms with Crippen LogP contribution in [0.5, 0.6) is 5.75 Å². The van der Waals surface area contributed by atoms with Crippen LogP contribution >= 0.6 is 0 Å². The van der Waals surface area contributed by atoms with Gasteiger partial charge in [-0.3, -0.25) is 4.79 Å². The molecule has 1 amide bonds. The molecule has 4 rings (SSSR count). The van der Waals surface area contributed by atoms with E-state index in [2.05, 4.69) is 36.4 Å². The lowest BCUT2D eigenvalue weighted by Gasteiger charge is -2.29. The van der Waals surface area contributed by atoms with Crippen LogP contribution in [-0.2, 0) is 16.6 Å². The third-order valence-corrected chi connectivity index (χ3v) is 5.81. The predicted molar refractivity (Wildman–Crippen MR) is 113 cm³/mol. The molecule has 1 saturated heterocycles. The Bertz CT molecular complexity index is 922. The third-order valence-electron chi connectivity index (χ3n) is 5.81. The summed E-state index contributed by atoms with van der Waals surface area (Å²) in [7, 11) is 1.65. The second-order valence-corrected chi connectivity index (χ2v) is 7.34. The number of ether oxygens (including phenoxy) is 1. The smallest absolute Gasteiger partial charge is 0.237 e. The molecule has 1 aliphatic rings. The summed E-state index contributed by atoms with van der Waals surface area (Å²) in [5, 5.41) is 0. The molecule has 0 bridgehead atoms. The van der Waals surface area contributed by atoms with Crippen molar-refractivity contribution >= 4 is 11.6 Å². The van der Waals surface area contributed by atoms with Crippen molar-refractivity contribution in [3.05, 3.63) is 96.1 Å². The van der Waals surface area contributed by atoms with Crippen LogP contribution in [0.15, 0.2) is 84.9 Å². The number of hydrogen-bond donors (Lipinski definition) is 0. The molecule has 28 heavy (non-hydrogen) atoms. The van der Waals surface area contributed by atoms with Gasteiger partial charge in [-0.1, -0.05) is 60.7 Å². The summed E-state index contributed by atoms with van der Waals surface area (Å²) >= 11 is 0. The number of hydrogen-bond acceptors (Lipinski definition) is 2. The number of carbonyl (C=O) groups is 1. The topological polar surface area (TPSA) is 29.5 Å². The molecule has 1 heterocycles. The van der Waals surface area contributed by atoms with Crippen molar-refractivity contribution < 1.29 is 9.53 Å². The van der Waals surface area contributed by atoms with E-state index in [0.29, 0.717) is 0 Å². The Morgan fingerprint density at radius 1 is 0.893 bits per heavy atom. The molecule has 3 nitrogen and oxygen atoms in total. The number of carbonyl (C=O) groups excluding carboxylic acids is 1. The number of anilines is 1. The highest BCUT2D eigenvalue weighted by Gasteiger charge is 2.47. The van der Waals surface area contributed by atoms with Gasteiger partial charge in [-0.2, -0.15) is 0 Å². The van der Waals surface area contributed by atoms with Gasteiger partial charge in [0.1, 0.15) is 5.75 Å². The Hall–Kier alpha value is -3.07. The summed E-state index contributed by atoms with van der Waals surface area (Å²) in [5.74, 6) is 0.994. The molecule has 1 atom stereocenters. The third kappa shape index (κ3) is 3.40. The molecular formula is C25H25NO2. The second-order valence-electron chi connectivity index (χ2n) is 7.34. The van der Waals surface area contributed by atoms with E-state index in [-0.39, 0.29) is 5.91 Å². The highest BCUT2D eigenvalue weighted by Crippen LogP contribution is 2.41. The van der Waals surface area contributed by atoms with Gasteiger partial charge in [0.25, 0.3) is 0 Å². The molecule has 3 aromatic rings. The van der Waals surface area contributed by atoms with Crippen LogP contribution in [0.25, 0.3) is 0 Å². The first kappa shape index (κ1) is 18.3. The zero-order chi connectivity index (χ0) is 19.4. The van der Waals surface area contributed by atoms with Gasteiger partial charge < -0.3 is 9.64 Å². The minimum absolute atomic E-state index is 0.194. The van der Waals surface area contributed by atoms with Crippen LogP contribution in [0.3, 0.4) is 0 Å². The molecule has 0 aromatic heterocycles. The second kappa shape index (κ2) is 7.89. The molecular weight excluding hydrogens is 346 g/mol. The standard InChI is InChI=1S/C25H25NO2/c1-28-23-14-12-22(13-15-23)26-19-18-25(24(26)27,21-10-6-3-7-11-21)17-16-20-8-4-2-5-9-20/h2-15H,16-19H2,1H3/t25-/m0/s1. The maximum Gasteiger partial charge on any atom is 0.237 e. The molecule has 0 spiro atoms. The van der Waals surface area contributed by atoms with E-state index >= 15 is 0 Å². The summed E-state index contributed by atoms with van der Waals surface area (Å²) in [6, 6.07) is 28.5. The molecule has 0 N–H and O–H groups in total. The fourth-order valence-corrected chi connectivity index (χ4v) is 4.18. The summed E-state index contributed by atoms with van der Waals surface area (Å²) in [6.07, 6.45) is 2.53. The van der Waals surface area contributed by atoms with Crippen molar-refractivity contribution in [2.24, 2.45) is 0 Å². The van der Waals surface area contributed by atoms with Crippen molar-refractivity contribution in [1.29, 1.82) is 0 Å². The Kier molecular flexibility index (Phi) is 5.16. The average molecular weight is 371 g/mol. The van der Waals surface area contributed by atoms with E-state index in [1.807, 2.05) is 53.4 Å². The van der Waals surface area contributed by atoms with E-state index < -0.39 is 5.41 Å². The summed E-state index contributed by atoms with van der Waals surface area (Å²) in [6.45, 7) is 0.731. The van der Waals surface area contributed by atoms with Crippen LogP contribution in [0.4, 0.5) is 5.69 Å². The van der Waals surface area contributed by atoms with Gasteiger partial charge >= 0.3 is 0 Å². The number of nitrogens with zero attached hydrogens (tertiary/aromatic N) is 1. The summed E-state index contributed by atoms with van der Waals surface area (Å²) < 4.78 is 5.25. The lowest BCUT2D eigenvalue weighted by molar-refractivity contribution is -0.122. The summed E-state index contributed by atoms with van der Waals surface area (Å²) in [5.41, 5.74) is 2.85. The Balaban J connectivity index is 1.65. The molecule has 0 aliphatic carbocycles. The van der Waals surface area contributed by atoms with Gasteiger partial charge in [0.2, 0.25) is 5.91 Å². The zero-order valence-electron chi connectivity index (χ0n) is 16.2. The molecule has 0 radical (unpaired) electrons. The molecule has 0 unspecified atom stereocenters. The van der Waals surface area contributed by atoms with E-state index in [9.17, 15) is 4.79 Å². The van der Waals surface area contributed by atoms with Crippen molar-refractivity contribution in [3.63, 3.8) is 0 Å². The molecule has 1 aliphatic heterocycles. The Morgan fingerprint density at radius 2 is 1.54 bits per heavy atom. The lowest BCUT2D eigenvalue weighted by Crippen LogP contribution is -2.38. The van der Waals surface area contributed by atoms with E-state index in [4.69, 9.17) is 4.74 Å². The Morgan fingerprint density at radius 3 is 2.18 bits per heavy atom. The van der Waals surface area contributed by atoms with Gasteiger partial charge in [-0.25, -0.2) is 0 Å². The van der Waals surface area contributed by atoms with Gasteiger partial charge in [-0.05, 0) is 54.7 Å². The zero-order valence-corrected chi connectivity index (χ0v) is 16.2. The van der Waals surface area contributed by atoms with Crippen molar-refractivity contribution in [3.8, 4) is 5.75 Å². The van der Waals surface area contributed by atoms with Crippen LogP contribution in [0.1, 0.15) is 24.0 Å². The first-order valence-corrected chi connectivity index (χ1v) is 9.78. The van der Waals surface area contributed by atoms with E-state index in [1.165, 1.54) is 5.56 Å². The number of benzene rings is 3. The fourth-order valence-electron chi connectivity index (χ4n) is 4.18. The SMILES string of the molecule is COc1ccc(N2CC[C@@](CCc3ccccc3)(c3ccccc3)C2=O)cc1. The minimum atomic E-state index is -0.475. The predicted octanol–water partition coefficient (Wildman–Crippen LogP) is 5.00. The molecule has 1 fully saturated rings. The molecule has 3 aromatic carbocycles. The quantitative estimate of drug-likeness (QED) is 0.610. The molecule has 0 saturated carbocycles. The number of amides is 1. The first-order chi connectivity index (χ1) is 13.7. The first-order valence-electron chi connectivity index (χ1n) is 9.78. The van der Waals surface area contributed by atoms with Crippen LogP contribution in [0.2, 0.25) is 0 Å². The van der Waals surface area contributed by atoms with Crippen LogP contribution in [-0.4, -0.2) is 19.6 Å². The molecule has 3 heteroatoms. The van der Waals surface area contributed by atoms with Gasteiger partial charge in [0, 0.05) is 12.2 Å². The minimum Gasteiger partial charge on any atom is -0.497 e. The van der Waals surface area contributed by atoms with Crippen molar-refractivity contribution in [2.45, 2.75) is 24.7 Å². The highest BCUT2D eigenvalue weighted by molar-refractivity contribution is 6.03. The maximum atomic E-state index is 13.7. The maximum absolute atomic E-state index is 13.7. The van der Waals surface area contributed by atoms with Crippen LogP contribution < -0.4 is 9.64 Å². The monoisotopic (exact) mass is 371 g/mol. The van der Waals surface area contributed by atoms with E-state index in [1.54, 1.807) is 7.11 Å².